The molecule has 0 unspecified atom stereocenters. The van der Waals surface area contributed by atoms with E-state index in [-0.39, 0.29) is 4.90 Å². The zero-order valence-corrected chi connectivity index (χ0v) is 14.6. The summed E-state index contributed by atoms with van der Waals surface area (Å²) in [5, 5.41) is 12.5. The summed E-state index contributed by atoms with van der Waals surface area (Å²) in [5.41, 5.74) is 3.72. The van der Waals surface area contributed by atoms with Gasteiger partial charge in [-0.15, -0.1) is 0 Å². The molecule has 3 aromatic rings. The first kappa shape index (κ1) is 17.6. The number of amides is 1. The van der Waals surface area contributed by atoms with Gasteiger partial charge in [-0.05, 0) is 35.4 Å². The fourth-order valence-electron chi connectivity index (χ4n) is 2.36. The van der Waals surface area contributed by atoms with E-state index in [0.717, 1.165) is 21.2 Å². The second-order valence-electron chi connectivity index (χ2n) is 5.52. The molecule has 0 aliphatic rings. The Hall–Kier alpha value is -3.17. The molecule has 0 aliphatic heterocycles. The normalized spacial score (nSPS) is 11.8. The van der Waals surface area contributed by atoms with Crippen molar-refractivity contribution in [3.8, 4) is 11.1 Å². The molecule has 2 N–H and O–H groups in total. The Balaban J connectivity index is 1.85. The lowest BCUT2D eigenvalue weighted by Gasteiger charge is -2.06. The third-order valence-electron chi connectivity index (χ3n) is 3.70. The van der Waals surface area contributed by atoms with E-state index in [1.54, 1.807) is 29.1 Å². The Kier molecular flexibility index (Phi) is 4.74. The number of hydrogen-bond acceptors (Lipinski definition) is 5. The summed E-state index contributed by atoms with van der Waals surface area (Å²) < 4.78 is 28.1. The average molecular weight is 372 g/mol. The highest BCUT2D eigenvalue weighted by Gasteiger charge is 2.16. The van der Waals surface area contributed by atoms with Gasteiger partial charge >= 0.3 is 0 Å². The van der Waals surface area contributed by atoms with Gasteiger partial charge in [-0.3, -0.25) is 14.7 Å². The molecule has 0 atom stereocenters. The van der Waals surface area contributed by atoms with Gasteiger partial charge in [0.15, 0.2) is 0 Å². The largest absolute Gasteiger partial charge is 0.288 e. The van der Waals surface area contributed by atoms with E-state index in [2.05, 4.69) is 5.10 Å². The predicted octanol–water partition coefficient (Wildman–Crippen LogP) is 1.64. The lowest BCUT2D eigenvalue weighted by atomic mass is 10.1. The first-order valence-corrected chi connectivity index (χ1v) is 8.99. The van der Waals surface area contributed by atoms with E-state index in [1.165, 1.54) is 36.1 Å². The molecular weight excluding hydrogens is 356 g/mol. The number of aromatic nitrogens is 3. The van der Waals surface area contributed by atoms with Crippen LogP contribution in [0.15, 0.2) is 66.1 Å². The van der Waals surface area contributed by atoms with Crippen molar-refractivity contribution in [2.45, 2.75) is 4.90 Å². The Bertz CT molecular complexity index is 1060. The Morgan fingerprint density at radius 1 is 1.15 bits per heavy atom. The molecule has 3 rings (SSSR count). The van der Waals surface area contributed by atoms with E-state index >= 15 is 0 Å². The molecule has 0 radical (unpaired) electrons. The van der Waals surface area contributed by atoms with Crippen molar-refractivity contribution in [2.24, 2.45) is 7.05 Å². The molecule has 8 nitrogen and oxygen atoms in total. The lowest BCUT2D eigenvalue weighted by Crippen LogP contribution is -2.14. The van der Waals surface area contributed by atoms with Gasteiger partial charge in [0.2, 0.25) is 0 Å². The van der Waals surface area contributed by atoms with Crippen LogP contribution in [0.4, 0.5) is 0 Å². The lowest BCUT2D eigenvalue weighted by molar-refractivity contribution is -0.124. The van der Waals surface area contributed by atoms with E-state index in [0.29, 0.717) is 5.56 Å². The smallest absolute Gasteiger partial charge is 0.267 e. The van der Waals surface area contributed by atoms with Crippen LogP contribution in [-0.2, 0) is 21.9 Å². The molecule has 0 saturated heterocycles. The van der Waals surface area contributed by atoms with Gasteiger partial charge in [-0.2, -0.15) is 5.10 Å². The minimum absolute atomic E-state index is 0.143. The van der Waals surface area contributed by atoms with Gasteiger partial charge < -0.3 is 0 Å². The van der Waals surface area contributed by atoms with Crippen LogP contribution >= 0.6 is 0 Å². The van der Waals surface area contributed by atoms with Crippen molar-refractivity contribution in [1.29, 1.82) is 0 Å². The van der Waals surface area contributed by atoms with Crippen molar-refractivity contribution in [3.63, 3.8) is 0 Å². The number of nitrogens with zero attached hydrogens (tertiary/aromatic N) is 3. The van der Waals surface area contributed by atoms with Crippen molar-refractivity contribution in [2.75, 3.05) is 0 Å². The van der Waals surface area contributed by atoms with E-state index < -0.39 is 15.9 Å². The fraction of sp³-hybridized carbons (Fsp3) is 0.0588. The summed E-state index contributed by atoms with van der Waals surface area (Å²) in [4.78, 5) is 11.1. The van der Waals surface area contributed by atoms with Crippen LogP contribution < -0.4 is 5.48 Å². The topological polar surface area (TPSA) is 106 Å². The number of carbonyl (C=O) groups excluding carboxylic acids is 1. The van der Waals surface area contributed by atoms with Crippen LogP contribution in [0.3, 0.4) is 0 Å². The first-order valence-electron chi connectivity index (χ1n) is 7.55. The summed E-state index contributed by atoms with van der Waals surface area (Å²) in [6, 6.07) is 8.06. The van der Waals surface area contributed by atoms with Crippen LogP contribution in [0.2, 0.25) is 0 Å². The molecule has 0 aliphatic carbocycles. The third-order valence-corrected chi connectivity index (χ3v) is 5.35. The second kappa shape index (κ2) is 6.98. The van der Waals surface area contributed by atoms with Crippen LogP contribution in [0.5, 0.6) is 0 Å². The molecule has 26 heavy (non-hydrogen) atoms. The first-order chi connectivity index (χ1) is 12.4. The van der Waals surface area contributed by atoms with E-state index in [4.69, 9.17) is 5.21 Å². The number of benzene rings is 1. The molecule has 134 valence electrons. The maximum Gasteiger partial charge on any atom is 0.267 e. The molecule has 1 amide bonds. The molecule has 9 heteroatoms. The fourth-order valence-corrected chi connectivity index (χ4v) is 3.57. The number of hydroxylamine groups is 1. The Labute approximate surface area is 150 Å². The minimum atomic E-state index is -3.74. The highest BCUT2D eigenvalue weighted by molar-refractivity contribution is 7.90. The summed E-state index contributed by atoms with van der Waals surface area (Å²) in [7, 11) is -1.93. The van der Waals surface area contributed by atoms with Crippen molar-refractivity contribution >= 4 is 22.0 Å². The molecule has 0 saturated carbocycles. The number of rotatable bonds is 5. The molecule has 0 bridgehead atoms. The summed E-state index contributed by atoms with van der Waals surface area (Å²) >= 11 is 0. The number of hydrogen-bond donors (Lipinski definition) is 2. The van der Waals surface area contributed by atoms with Crippen LogP contribution in [0, 0.1) is 0 Å². The minimum Gasteiger partial charge on any atom is -0.288 e. The zero-order valence-electron chi connectivity index (χ0n) is 13.8. The molecule has 0 fully saturated rings. The molecule has 2 heterocycles. The highest BCUT2D eigenvalue weighted by atomic mass is 32.2. The van der Waals surface area contributed by atoms with E-state index in [9.17, 15) is 13.2 Å². The maximum absolute atomic E-state index is 12.7. The third kappa shape index (κ3) is 3.58. The van der Waals surface area contributed by atoms with E-state index in [1.807, 2.05) is 13.2 Å². The number of carbonyl (C=O) groups is 1. The summed E-state index contributed by atoms with van der Waals surface area (Å²) in [6.07, 6.45) is 8.80. The molecular formula is C17H16N4O4S. The van der Waals surface area contributed by atoms with Gasteiger partial charge in [0, 0.05) is 37.3 Å². The number of aryl methyl sites for hydroxylation is 1. The van der Waals surface area contributed by atoms with Gasteiger partial charge in [0.05, 0.1) is 11.1 Å². The molecule has 1 aromatic carbocycles. The van der Waals surface area contributed by atoms with Gasteiger partial charge in [0.25, 0.3) is 15.9 Å². The summed E-state index contributed by atoms with van der Waals surface area (Å²) in [5.74, 6) is -0.702. The van der Waals surface area contributed by atoms with Gasteiger partial charge in [-0.25, -0.2) is 17.9 Å². The van der Waals surface area contributed by atoms with Crippen LogP contribution in [-0.4, -0.2) is 33.3 Å². The zero-order chi connectivity index (χ0) is 18.7. The molecule has 2 aromatic heterocycles. The molecule has 0 spiro atoms. The van der Waals surface area contributed by atoms with Crippen LogP contribution in [0.25, 0.3) is 17.2 Å². The standard InChI is InChI=1S/C17H16N4O4S/c1-20-12-15(10-18-20)14-3-5-16(6-4-14)26(24,25)21-9-8-13(11-21)2-7-17(22)19-23/h2-12,23H,1H3,(H,19,22)/b7-2+. The summed E-state index contributed by atoms with van der Waals surface area (Å²) in [6.45, 7) is 0. The monoisotopic (exact) mass is 372 g/mol. The van der Waals surface area contributed by atoms with Gasteiger partial charge in [0.1, 0.15) is 0 Å². The number of nitrogens with one attached hydrogen (secondary N) is 1. The quantitative estimate of drug-likeness (QED) is 0.402. The van der Waals surface area contributed by atoms with Crippen molar-refractivity contribution in [3.05, 3.63) is 66.8 Å². The highest BCUT2D eigenvalue weighted by Crippen LogP contribution is 2.22. The average Bonchev–Trinajstić information content (AvgIpc) is 3.29. The maximum atomic E-state index is 12.7. The predicted molar refractivity (Wildman–Crippen MR) is 94.6 cm³/mol. The Morgan fingerprint density at radius 3 is 2.50 bits per heavy atom. The van der Waals surface area contributed by atoms with Crippen LogP contribution in [0.1, 0.15) is 5.56 Å². The van der Waals surface area contributed by atoms with Crippen molar-refractivity contribution in [1.82, 2.24) is 19.2 Å². The van der Waals surface area contributed by atoms with Gasteiger partial charge in [-0.1, -0.05) is 12.1 Å². The Morgan fingerprint density at radius 2 is 1.88 bits per heavy atom. The van der Waals surface area contributed by atoms with Crippen molar-refractivity contribution < 1.29 is 18.4 Å². The second-order valence-corrected chi connectivity index (χ2v) is 7.36. The SMILES string of the molecule is Cn1cc(-c2ccc(S(=O)(=O)n3ccc(/C=C/C(=O)NO)c3)cc2)cn1.